The molecule has 0 saturated carbocycles. The van der Waals surface area contributed by atoms with E-state index in [9.17, 15) is 14.0 Å². The van der Waals surface area contributed by atoms with E-state index < -0.39 is 11.6 Å². The van der Waals surface area contributed by atoms with Crippen LogP contribution in [0.15, 0.2) is 65.7 Å². The van der Waals surface area contributed by atoms with E-state index in [2.05, 4.69) is 15.5 Å². The minimum absolute atomic E-state index is 0.318. The molecule has 3 aromatic heterocycles. The number of nitrogens with zero attached hydrogens (tertiary/aromatic N) is 5. The van der Waals surface area contributed by atoms with Gasteiger partial charge in [0.25, 0.3) is 0 Å². The zero-order chi connectivity index (χ0) is 23.1. The van der Waals surface area contributed by atoms with Crippen molar-refractivity contribution in [1.82, 2.24) is 23.8 Å². The van der Waals surface area contributed by atoms with Gasteiger partial charge in [-0.15, -0.1) is 5.10 Å². The Morgan fingerprint density at radius 1 is 1.12 bits per heavy atom. The van der Waals surface area contributed by atoms with Gasteiger partial charge in [0.05, 0.1) is 18.5 Å². The van der Waals surface area contributed by atoms with Crippen molar-refractivity contribution in [3.63, 3.8) is 0 Å². The molecular weight excluding hydrogens is 451 g/mol. The van der Waals surface area contributed by atoms with Gasteiger partial charge in [-0.2, -0.15) is 5.10 Å². The number of methoxy groups -OCH3 is 1. The van der Waals surface area contributed by atoms with Crippen LogP contribution in [0.2, 0.25) is 5.02 Å². The summed E-state index contributed by atoms with van der Waals surface area (Å²) in [5, 5.41) is 11.9. The molecule has 0 unspecified atom stereocenters. The van der Waals surface area contributed by atoms with Crippen molar-refractivity contribution in [3.8, 4) is 17.0 Å². The van der Waals surface area contributed by atoms with Gasteiger partial charge in [-0.1, -0.05) is 11.6 Å². The van der Waals surface area contributed by atoms with Gasteiger partial charge in [0, 0.05) is 23.0 Å². The Labute approximate surface area is 190 Å². The average Bonchev–Trinajstić information content (AvgIpc) is 3.36. The van der Waals surface area contributed by atoms with Gasteiger partial charge in [0.2, 0.25) is 5.91 Å². The van der Waals surface area contributed by atoms with Gasteiger partial charge in [0.15, 0.2) is 5.65 Å². The lowest BCUT2D eigenvalue weighted by atomic mass is 10.1. The van der Waals surface area contributed by atoms with Crippen molar-refractivity contribution in [2.24, 2.45) is 0 Å². The number of rotatable bonds is 5. The monoisotopic (exact) mass is 466 g/mol. The molecule has 5 rings (SSSR count). The molecule has 1 amide bonds. The van der Waals surface area contributed by atoms with Gasteiger partial charge in [-0.05, 0) is 48.5 Å². The Bertz CT molecular complexity index is 1570. The maximum atomic E-state index is 13.2. The van der Waals surface area contributed by atoms with E-state index in [1.165, 1.54) is 29.8 Å². The number of amides is 1. The van der Waals surface area contributed by atoms with Crippen LogP contribution in [-0.4, -0.2) is 36.8 Å². The number of anilines is 1. The Balaban J connectivity index is 1.48. The number of benzene rings is 2. The van der Waals surface area contributed by atoms with Gasteiger partial charge < -0.3 is 10.1 Å². The average molecular weight is 467 g/mol. The molecule has 0 atom stereocenters. The highest BCUT2D eigenvalue weighted by Gasteiger charge is 2.16. The van der Waals surface area contributed by atoms with Gasteiger partial charge in [0.1, 0.15) is 23.6 Å². The lowest BCUT2D eigenvalue weighted by Gasteiger charge is -2.10. The topological polar surface area (TPSA) is 94.9 Å². The summed E-state index contributed by atoms with van der Waals surface area (Å²) in [7, 11) is 1.47. The summed E-state index contributed by atoms with van der Waals surface area (Å²) in [5.74, 6) is -0.383. The van der Waals surface area contributed by atoms with Crippen molar-refractivity contribution in [2.75, 3.05) is 12.4 Å². The number of aromatic nitrogens is 5. The normalized spacial score (nSPS) is 11.2. The van der Waals surface area contributed by atoms with Gasteiger partial charge in [-0.25, -0.2) is 22.8 Å². The maximum Gasteiger partial charge on any atom is 0.350 e. The van der Waals surface area contributed by atoms with Crippen molar-refractivity contribution < 1.29 is 13.9 Å². The summed E-state index contributed by atoms with van der Waals surface area (Å²) in [6, 6.07) is 12.5. The molecule has 0 bridgehead atoms. The number of carbonyl (C=O) groups is 1. The number of hydrogen-bond donors (Lipinski definition) is 1. The van der Waals surface area contributed by atoms with Crippen LogP contribution in [-0.2, 0) is 11.3 Å². The lowest BCUT2D eigenvalue weighted by molar-refractivity contribution is -0.117. The van der Waals surface area contributed by atoms with E-state index in [1.54, 1.807) is 47.1 Å². The molecule has 3 heterocycles. The molecule has 1 N–H and O–H groups in total. The van der Waals surface area contributed by atoms with Crippen LogP contribution < -0.4 is 15.7 Å². The van der Waals surface area contributed by atoms with Crippen LogP contribution in [0.1, 0.15) is 0 Å². The highest BCUT2D eigenvalue weighted by atomic mass is 35.5. The standard InChI is InChI=1S/C22H16ClFN6O3/c1-33-19-7-4-14(23)10-17(19)25-20(31)12-30-22(32)28-8-9-29-18(21(28)27-30)11-16(26-29)13-2-5-15(24)6-3-13/h2-11H,12H2,1H3,(H,25,31). The number of hydrogen-bond acceptors (Lipinski definition) is 5. The molecule has 2 aromatic carbocycles. The van der Waals surface area contributed by atoms with E-state index in [0.29, 0.717) is 33.3 Å². The summed E-state index contributed by atoms with van der Waals surface area (Å²) >= 11 is 6.00. The number of fused-ring (bicyclic) bond motifs is 3. The van der Waals surface area contributed by atoms with Crippen LogP contribution in [0.5, 0.6) is 5.75 Å². The summed E-state index contributed by atoms with van der Waals surface area (Å²) in [4.78, 5) is 25.4. The summed E-state index contributed by atoms with van der Waals surface area (Å²) < 4.78 is 22.4. The second-order valence-electron chi connectivity index (χ2n) is 7.19. The SMILES string of the molecule is COc1ccc(Cl)cc1NC(=O)Cn1nc2c3cc(-c4ccc(F)cc4)nn3ccn2c1=O. The number of carbonyl (C=O) groups excluding carboxylic acids is 1. The first-order chi connectivity index (χ1) is 15.9. The van der Waals surface area contributed by atoms with E-state index in [-0.39, 0.29) is 12.4 Å². The van der Waals surface area contributed by atoms with E-state index in [1.807, 2.05) is 0 Å². The summed E-state index contributed by atoms with van der Waals surface area (Å²) in [6.07, 6.45) is 3.13. The Hall–Kier alpha value is -4.18. The quantitative estimate of drug-likeness (QED) is 0.429. The first-order valence-corrected chi connectivity index (χ1v) is 10.2. The van der Waals surface area contributed by atoms with E-state index >= 15 is 0 Å². The molecule has 5 aromatic rings. The Kier molecular flexibility index (Phi) is 5.06. The largest absolute Gasteiger partial charge is 0.495 e. The van der Waals surface area contributed by atoms with Crippen molar-refractivity contribution >= 4 is 34.4 Å². The third-order valence-corrected chi connectivity index (χ3v) is 5.30. The predicted molar refractivity (Wildman–Crippen MR) is 120 cm³/mol. The molecule has 0 saturated heterocycles. The van der Waals surface area contributed by atoms with Crippen LogP contribution in [0, 0.1) is 5.82 Å². The van der Waals surface area contributed by atoms with E-state index in [4.69, 9.17) is 16.3 Å². The molecule has 0 aliphatic carbocycles. The molecule has 33 heavy (non-hydrogen) atoms. The van der Waals surface area contributed by atoms with E-state index in [0.717, 1.165) is 10.2 Å². The molecule has 11 heteroatoms. The zero-order valence-electron chi connectivity index (χ0n) is 17.2. The highest BCUT2D eigenvalue weighted by molar-refractivity contribution is 6.31. The molecular formula is C22H16ClFN6O3. The highest BCUT2D eigenvalue weighted by Crippen LogP contribution is 2.27. The summed E-state index contributed by atoms with van der Waals surface area (Å²) in [5.41, 5.74) is 2.10. The van der Waals surface area contributed by atoms with Crippen LogP contribution in [0.4, 0.5) is 10.1 Å². The molecule has 0 spiro atoms. The molecule has 0 aliphatic heterocycles. The number of halogens is 2. The lowest BCUT2D eigenvalue weighted by Crippen LogP contribution is -2.28. The fourth-order valence-corrected chi connectivity index (χ4v) is 3.67. The number of ether oxygens (including phenoxy) is 1. The number of nitrogens with one attached hydrogen (secondary N) is 1. The Morgan fingerprint density at radius 2 is 1.91 bits per heavy atom. The predicted octanol–water partition coefficient (Wildman–Crippen LogP) is 3.25. The smallest absolute Gasteiger partial charge is 0.350 e. The van der Waals surface area contributed by atoms with Crippen molar-refractivity contribution in [3.05, 3.63) is 82.2 Å². The second-order valence-corrected chi connectivity index (χ2v) is 7.63. The van der Waals surface area contributed by atoms with Gasteiger partial charge in [-0.3, -0.25) is 4.79 Å². The summed E-state index contributed by atoms with van der Waals surface area (Å²) in [6.45, 7) is -0.318. The first-order valence-electron chi connectivity index (χ1n) is 9.80. The molecule has 0 radical (unpaired) electrons. The Morgan fingerprint density at radius 3 is 2.67 bits per heavy atom. The fourth-order valence-electron chi connectivity index (χ4n) is 3.50. The van der Waals surface area contributed by atoms with Crippen LogP contribution >= 0.6 is 11.6 Å². The van der Waals surface area contributed by atoms with Crippen LogP contribution in [0.25, 0.3) is 22.4 Å². The van der Waals surface area contributed by atoms with Crippen LogP contribution in [0.3, 0.4) is 0 Å². The molecule has 9 nitrogen and oxygen atoms in total. The van der Waals surface area contributed by atoms with Gasteiger partial charge >= 0.3 is 5.69 Å². The fraction of sp³-hybridized carbons (Fsp3) is 0.0909. The maximum absolute atomic E-state index is 13.2. The molecule has 166 valence electrons. The molecule has 0 aliphatic rings. The first kappa shape index (κ1) is 20.7. The van der Waals surface area contributed by atoms with Crippen molar-refractivity contribution in [1.29, 1.82) is 0 Å². The third-order valence-electron chi connectivity index (χ3n) is 5.06. The minimum Gasteiger partial charge on any atom is -0.495 e. The zero-order valence-corrected chi connectivity index (χ0v) is 18.0. The second kappa shape index (κ2) is 8.06. The molecule has 0 fully saturated rings. The minimum atomic E-state index is -0.481. The van der Waals surface area contributed by atoms with Crippen molar-refractivity contribution in [2.45, 2.75) is 6.54 Å². The third kappa shape index (κ3) is 3.80.